The fourth-order valence-corrected chi connectivity index (χ4v) is 5.65. The zero-order valence-electron chi connectivity index (χ0n) is 23.9. The van der Waals surface area contributed by atoms with Crippen LogP contribution in [0, 0.1) is 0 Å². The molecule has 43 heavy (non-hydrogen) atoms. The fraction of sp³-hybridized carbons (Fsp3) is 0.0789. The van der Waals surface area contributed by atoms with E-state index in [-0.39, 0.29) is 5.57 Å². The lowest BCUT2D eigenvalue weighted by molar-refractivity contribution is -0.130. The first-order valence-corrected chi connectivity index (χ1v) is 14.4. The summed E-state index contributed by atoms with van der Waals surface area (Å²) in [5.74, 6) is -0.981. The summed E-state index contributed by atoms with van der Waals surface area (Å²) in [6.07, 6.45) is 3.06. The minimum atomic E-state index is -0.981. The van der Waals surface area contributed by atoms with E-state index in [9.17, 15) is 9.90 Å². The van der Waals surface area contributed by atoms with E-state index in [4.69, 9.17) is 0 Å². The maximum Gasteiger partial charge on any atom is 0.336 e. The number of H-pyrrole nitrogens is 1. The highest BCUT2D eigenvalue weighted by Gasteiger charge is 2.26. The molecule has 0 aliphatic rings. The summed E-state index contributed by atoms with van der Waals surface area (Å²) < 4.78 is 0. The molecule has 0 fully saturated rings. The van der Waals surface area contributed by atoms with Gasteiger partial charge in [-0.25, -0.2) is 4.79 Å². The van der Waals surface area contributed by atoms with Gasteiger partial charge in [0.1, 0.15) is 5.69 Å². The maximum absolute atomic E-state index is 13.2. The molecule has 210 valence electrons. The van der Waals surface area contributed by atoms with Crippen molar-refractivity contribution in [1.29, 1.82) is 0 Å². The van der Waals surface area contributed by atoms with Crippen LogP contribution in [0.4, 0.5) is 0 Å². The average Bonchev–Trinajstić information content (AvgIpc) is 3.60. The van der Waals surface area contributed by atoms with E-state index in [1.807, 2.05) is 72.8 Å². The van der Waals surface area contributed by atoms with Gasteiger partial charge in [0.2, 0.25) is 0 Å². The molecule has 0 amide bonds. The molecule has 0 aliphatic heterocycles. The van der Waals surface area contributed by atoms with Crippen molar-refractivity contribution in [2.24, 2.45) is 0 Å². The lowest BCUT2D eigenvalue weighted by Gasteiger charge is -2.22. The van der Waals surface area contributed by atoms with E-state index in [2.05, 4.69) is 76.9 Å². The van der Waals surface area contributed by atoms with Gasteiger partial charge in [-0.15, -0.1) is 0 Å². The first-order valence-electron chi connectivity index (χ1n) is 14.4. The van der Waals surface area contributed by atoms with E-state index < -0.39 is 5.97 Å². The number of rotatable bonds is 9. The van der Waals surface area contributed by atoms with Gasteiger partial charge in [-0.3, -0.25) is 0 Å². The number of nitrogens with zero attached hydrogens (tertiary/aromatic N) is 2. The summed E-state index contributed by atoms with van der Waals surface area (Å²) in [6.45, 7) is 2.13. The Balaban J connectivity index is 1.72. The van der Waals surface area contributed by atoms with Crippen molar-refractivity contribution >= 4 is 17.1 Å². The Labute approximate surface area is 251 Å². The Kier molecular flexibility index (Phi) is 8.05. The quantitative estimate of drug-likeness (QED) is 0.137. The highest BCUT2D eigenvalue weighted by Crippen LogP contribution is 2.45. The number of carboxylic acids is 1. The van der Waals surface area contributed by atoms with Crippen molar-refractivity contribution in [2.45, 2.75) is 19.8 Å². The van der Waals surface area contributed by atoms with Gasteiger partial charge in [0.05, 0.1) is 11.8 Å². The Morgan fingerprint density at radius 3 is 1.88 bits per heavy atom. The molecule has 0 aliphatic carbocycles. The molecule has 1 aromatic heterocycles. The molecular weight excluding hydrogens is 530 g/mol. The van der Waals surface area contributed by atoms with Crippen molar-refractivity contribution in [2.75, 3.05) is 0 Å². The van der Waals surface area contributed by atoms with Crippen LogP contribution >= 0.6 is 0 Å². The molecule has 5 heteroatoms. The third-order valence-electron chi connectivity index (χ3n) is 7.74. The SMILES string of the molecule is CCc1ccc(CC(=C(C(=O)O)c2ccccc2)c2ccc(-c3ccccc3)c(-c3ccccc3)c2-c2cn[nH]n2)cc1. The number of hydrogen-bond donors (Lipinski definition) is 2. The Morgan fingerprint density at radius 1 is 0.698 bits per heavy atom. The number of aromatic amines is 1. The number of aryl methyl sites for hydroxylation is 1. The Bertz CT molecular complexity index is 1860. The van der Waals surface area contributed by atoms with Crippen molar-refractivity contribution in [3.63, 3.8) is 0 Å². The normalized spacial score (nSPS) is 11.7. The number of carbonyl (C=O) groups is 1. The molecule has 6 aromatic rings. The molecule has 0 radical (unpaired) electrons. The van der Waals surface area contributed by atoms with Crippen LogP contribution in [0.3, 0.4) is 0 Å². The zero-order chi connectivity index (χ0) is 29.6. The van der Waals surface area contributed by atoms with Gasteiger partial charge in [0, 0.05) is 5.56 Å². The third kappa shape index (κ3) is 5.79. The van der Waals surface area contributed by atoms with Gasteiger partial charge < -0.3 is 5.11 Å². The first kappa shape index (κ1) is 27.6. The number of benzene rings is 5. The van der Waals surface area contributed by atoms with Gasteiger partial charge in [-0.1, -0.05) is 134 Å². The van der Waals surface area contributed by atoms with Crippen LogP contribution in [0.2, 0.25) is 0 Å². The first-order chi connectivity index (χ1) is 21.1. The summed E-state index contributed by atoms with van der Waals surface area (Å²) in [7, 11) is 0. The van der Waals surface area contributed by atoms with E-state index in [0.29, 0.717) is 23.3 Å². The zero-order valence-corrected chi connectivity index (χ0v) is 23.9. The number of aromatic nitrogens is 3. The highest BCUT2D eigenvalue weighted by atomic mass is 16.4. The summed E-state index contributed by atoms with van der Waals surface area (Å²) in [5.41, 5.74) is 10.2. The maximum atomic E-state index is 13.2. The molecule has 5 aromatic carbocycles. The minimum absolute atomic E-state index is 0.261. The van der Waals surface area contributed by atoms with Gasteiger partial charge in [0.25, 0.3) is 0 Å². The second kappa shape index (κ2) is 12.5. The summed E-state index contributed by atoms with van der Waals surface area (Å²) in [6, 6.07) is 42.3. The van der Waals surface area contributed by atoms with Gasteiger partial charge >= 0.3 is 5.97 Å². The molecule has 6 rings (SSSR count). The summed E-state index contributed by atoms with van der Waals surface area (Å²) in [4.78, 5) is 13.2. The van der Waals surface area contributed by atoms with Crippen molar-refractivity contribution in [3.8, 4) is 33.5 Å². The molecule has 0 saturated carbocycles. The third-order valence-corrected chi connectivity index (χ3v) is 7.74. The predicted octanol–water partition coefficient (Wildman–Crippen LogP) is 8.61. The second-order valence-electron chi connectivity index (χ2n) is 10.4. The molecule has 0 unspecified atom stereocenters. The molecule has 0 saturated heterocycles. The number of hydrogen-bond acceptors (Lipinski definition) is 3. The lowest BCUT2D eigenvalue weighted by atomic mass is 9.81. The van der Waals surface area contributed by atoms with E-state index >= 15 is 0 Å². The summed E-state index contributed by atoms with van der Waals surface area (Å²) in [5, 5.41) is 22.3. The highest BCUT2D eigenvalue weighted by molar-refractivity contribution is 6.25. The van der Waals surface area contributed by atoms with Crippen LogP contribution < -0.4 is 0 Å². The molecule has 0 bridgehead atoms. The molecule has 1 heterocycles. The lowest BCUT2D eigenvalue weighted by Crippen LogP contribution is -2.08. The largest absolute Gasteiger partial charge is 0.478 e. The van der Waals surface area contributed by atoms with Crippen LogP contribution in [0.1, 0.15) is 29.2 Å². The molecule has 0 atom stereocenters. The van der Waals surface area contributed by atoms with Crippen LogP contribution in [-0.4, -0.2) is 26.5 Å². The van der Waals surface area contributed by atoms with Crippen LogP contribution in [0.15, 0.2) is 134 Å². The monoisotopic (exact) mass is 561 g/mol. The van der Waals surface area contributed by atoms with Crippen molar-refractivity contribution in [1.82, 2.24) is 15.4 Å². The van der Waals surface area contributed by atoms with Crippen molar-refractivity contribution < 1.29 is 9.90 Å². The number of allylic oxidation sites excluding steroid dienone is 1. The number of nitrogens with one attached hydrogen (secondary N) is 1. The van der Waals surface area contributed by atoms with E-state index in [0.717, 1.165) is 45.4 Å². The van der Waals surface area contributed by atoms with Crippen molar-refractivity contribution in [3.05, 3.63) is 156 Å². The van der Waals surface area contributed by atoms with E-state index in [1.165, 1.54) is 5.56 Å². The number of aliphatic carboxylic acids is 1. The Hall–Kier alpha value is -5.55. The summed E-state index contributed by atoms with van der Waals surface area (Å²) >= 11 is 0. The van der Waals surface area contributed by atoms with Gasteiger partial charge in [-0.05, 0) is 62.9 Å². The van der Waals surface area contributed by atoms with E-state index in [1.54, 1.807) is 6.20 Å². The average molecular weight is 562 g/mol. The molecule has 0 spiro atoms. The fourth-order valence-electron chi connectivity index (χ4n) is 5.65. The van der Waals surface area contributed by atoms with Gasteiger partial charge in [0.15, 0.2) is 0 Å². The number of carboxylic acid groups (broad SMARTS) is 1. The molecule has 2 N–H and O–H groups in total. The minimum Gasteiger partial charge on any atom is -0.478 e. The molecule has 5 nitrogen and oxygen atoms in total. The van der Waals surface area contributed by atoms with Crippen LogP contribution in [0.5, 0.6) is 0 Å². The van der Waals surface area contributed by atoms with Gasteiger partial charge in [-0.2, -0.15) is 15.4 Å². The molecular formula is C38H31N3O2. The second-order valence-corrected chi connectivity index (χ2v) is 10.4. The topological polar surface area (TPSA) is 78.9 Å². The Morgan fingerprint density at radius 2 is 1.30 bits per heavy atom. The van der Waals surface area contributed by atoms with Crippen LogP contribution in [0.25, 0.3) is 44.7 Å². The smallest absolute Gasteiger partial charge is 0.336 e. The van der Waals surface area contributed by atoms with Crippen LogP contribution in [-0.2, 0) is 17.6 Å². The standard InChI is InChI=1S/C38H31N3O2/c1-2-26-18-20-27(21-19-26)24-33(36(38(42)43)30-16-10-5-11-17-30)32-23-22-31(28-12-6-3-7-13-28)35(29-14-8-4-9-15-29)37(32)34-25-39-41-40-34/h3-23,25H,2,24H2,1H3,(H,42,43)(H,39,40,41). The predicted molar refractivity (Wildman–Crippen MR) is 173 cm³/mol.